The van der Waals surface area contributed by atoms with Crippen molar-refractivity contribution in [3.05, 3.63) is 75.8 Å². The van der Waals surface area contributed by atoms with E-state index < -0.39 is 35.4 Å². The number of rotatable bonds is 11. The molecule has 2 aliphatic rings. The Balaban J connectivity index is 1.67. The van der Waals surface area contributed by atoms with Crippen LogP contribution < -0.4 is 0 Å². The van der Waals surface area contributed by atoms with Gasteiger partial charge in [-0.1, -0.05) is 42.5 Å². The Labute approximate surface area is 238 Å². The number of hydrogen-bond acceptors (Lipinski definition) is 9. The third kappa shape index (κ3) is 7.59. The number of nitro benzene ring substituents is 1. The number of nitrogens with zero attached hydrogens (tertiary/aromatic N) is 4. The van der Waals surface area contributed by atoms with Gasteiger partial charge in [-0.15, -0.1) is 0 Å². The van der Waals surface area contributed by atoms with Crippen LogP contribution in [0.4, 0.5) is 10.5 Å². The Kier molecular flexibility index (Phi) is 10.3. The van der Waals surface area contributed by atoms with Gasteiger partial charge in [-0.3, -0.25) is 24.6 Å². The average molecular weight is 569 g/mol. The van der Waals surface area contributed by atoms with Crippen molar-refractivity contribution in [3.63, 3.8) is 0 Å². The summed E-state index contributed by atoms with van der Waals surface area (Å²) in [7, 11) is 0. The minimum Gasteiger partial charge on any atom is -0.465 e. The number of esters is 1. The molecule has 2 aromatic rings. The molecule has 0 saturated carbocycles. The molecule has 2 saturated heterocycles. The van der Waals surface area contributed by atoms with E-state index in [2.05, 4.69) is 0 Å². The van der Waals surface area contributed by atoms with E-state index in [1.165, 1.54) is 17.1 Å². The van der Waals surface area contributed by atoms with Gasteiger partial charge in [0.25, 0.3) is 11.6 Å². The molecule has 0 aromatic heterocycles. The lowest BCUT2D eigenvalue weighted by Gasteiger charge is -2.44. The highest BCUT2D eigenvalue weighted by Gasteiger charge is 2.45. The smallest absolute Gasteiger partial charge is 0.465 e. The number of carboxylic acid groups (broad SMARTS) is 1. The zero-order valence-electron chi connectivity index (χ0n) is 23.1. The van der Waals surface area contributed by atoms with Crippen molar-refractivity contribution < 1.29 is 33.9 Å². The molecule has 0 bridgehead atoms. The summed E-state index contributed by atoms with van der Waals surface area (Å²) in [6.45, 7) is 3.35. The summed E-state index contributed by atoms with van der Waals surface area (Å²) in [6.07, 6.45) is 0.567. The maximum Gasteiger partial charge on any atom is 0.507 e. The summed E-state index contributed by atoms with van der Waals surface area (Å²) in [5.74, 6) is -0.773. The highest BCUT2D eigenvalue weighted by molar-refractivity contribution is 5.84. The third-order valence-corrected chi connectivity index (χ3v) is 7.51. The first-order valence-corrected chi connectivity index (χ1v) is 14.0. The number of amides is 1. The number of carbonyl (C=O) groups excluding carboxylic acids is 2. The van der Waals surface area contributed by atoms with Crippen LogP contribution in [0.2, 0.25) is 0 Å². The van der Waals surface area contributed by atoms with E-state index in [1.54, 1.807) is 19.1 Å². The topological polar surface area (TPSA) is 143 Å². The third-order valence-electron chi connectivity index (χ3n) is 7.51. The number of nitro groups is 1. The van der Waals surface area contributed by atoms with Gasteiger partial charge in [0.1, 0.15) is 6.04 Å². The van der Waals surface area contributed by atoms with Crippen LogP contribution in [0, 0.1) is 10.1 Å². The van der Waals surface area contributed by atoms with Crippen LogP contribution in [0.5, 0.6) is 0 Å². The van der Waals surface area contributed by atoms with Gasteiger partial charge in [-0.05, 0) is 50.2 Å². The second-order valence-corrected chi connectivity index (χ2v) is 10.2. The van der Waals surface area contributed by atoms with Gasteiger partial charge in [0.05, 0.1) is 17.6 Å². The molecule has 3 atom stereocenters. The second-order valence-electron chi connectivity index (χ2n) is 10.2. The largest absolute Gasteiger partial charge is 0.507 e. The molecule has 12 heteroatoms. The quantitative estimate of drug-likeness (QED) is 0.240. The summed E-state index contributed by atoms with van der Waals surface area (Å²) in [5.41, 5.74) is 1.70. The van der Waals surface area contributed by atoms with Gasteiger partial charge in [-0.2, -0.15) is 0 Å². The van der Waals surface area contributed by atoms with Crippen LogP contribution in [-0.2, 0) is 32.0 Å². The highest BCUT2D eigenvalue weighted by atomic mass is 16.7. The Bertz CT molecular complexity index is 1210. The molecule has 0 radical (unpaired) electrons. The van der Waals surface area contributed by atoms with E-state index in [1.807, 2.05) is 40.2 Å². The molecule has 2 aromatic carbocycles. The number of carbonyl (C=O) groups is 3. The number of hydrazine groups is 1. The van der Waals surface area contributed by atoms with Crippen LogP contribution in [0.3, 0.4) is 0 Å². The SMILES string of the molecule is CCOC(=O)[C@H](CCc1ccc([N+](=O)[O-])cc1)N(Cc1ccccc1)[C@H]1CCCN2CCC[C@H](OC(=O)O)N2C1=O. The van der Waals surface area contributed by atoms with E-state index in [9.17, 15) is 29.6 Å². The first-order valence-electron chi connectivity index (χ1n) is 14.0. The Hall–Kier alpha value is -4.03. The van der Waals surface area contributed by atoms with E-state index in [0.717, 1.165) is 11.1 Å². The molecular weight excluding hydrogens is 532 g/mol. The number of aryl methyl sites for hydroxylation is 1. The number of non-ortho nitro benzene ring substituents is 1. The van der Waals surface area contributed by atoms with Crippen LogP contribution in [0.1, 0.15) is 50.2 Å². The Morgan fingerprint density at radius 3 is 2.39 bits per heavy atom. The lowest BCUT2D eigenvalue weighted by Crippen LogP contribution is -2.61. The van der Waals surface area contributed by atoms with Gasteiger partial charge in [-0.25, -0.2) is 14.8 Å². The van der Waals surface area contributed by atoms with Gasteiger partial charge >= 0.3 is 12.1 Å². The predicted octanol–water partition coefficient (Wildman–Crippen LogP) is 3.98. The van der Waals surface area contributed by atoms with Crippen molar-refractivity contribution in [3.8, 4) is 0 Å². The van der Waals surface area contributed by atoms with Gasteiger partial charge in [0, 0.05) is 38.2 Å². The summed E-state index contributed by atoms with van der Waals surface area (Å²) in [6, 6.07) is 14.2. The summed E-state index contributed by atoms with van der Waals surface area (Å²) >= 11 is 0. The fourth-order valence-electron chi connectivity index (χ4n) is 5.61. The normalized spacial score (nSPS) is 20.1. The predicted molar refractivity (Wildman–Crippen MR) is 147 cm³/mol. The maximum atomic E-state index is 14.2. The maximum absolute atomic E-state index is 14.2. The summed E-state index contributed by atoms with van der Waals surface area (Å²) in [5, 5.41) is 23.7. The zero-order valence-corrected chi connectivity index (χ0v) is 23.1. The summed E-state index contributed by atoms with van der Waals surface area (Å²) in [4.78, 5) is 51.6. The van der Waals surface area contributed by atoms with E-state index in [4.69, 9.17) is 9.47 Å². The summed E-state index contributed by atoms with van der Waals surface area (Å²) < 4.78 is 10.6. The van der Waals surface area contributed by atoms with Crippen LogP contribution in [-0.4, -0.2) is 81.0 Å². The van der Waals surface area contributed by atoms with Crippen molar-refractivity contribution in [1.82, 2.24) is 14.9 Å². The van der Waals surface area contributed by atoms with Crippen LogP contribution >= 0.6 is 0 Å². The molecule has 0 unspecified atom stereocenters. The number of ether oxygens (including phenoxy) is 2. The molecule has 2 fully saturated rings. The monoisotopic (exact) mass is 568 g/mol. The van der Waals surface area contributed by atoms with Gasteiger partial charge in [0.2, 0.25) is 0 Å². The number of fused-ring (bicyclic) bond motifs is 1. The van der Waals surface area contributed by atoms with E-state index in [-0.39, 0.29) is 18.2 Å². The van der Waals surface area contributed by atoms with Crippen molar-refractivity contribution in [2.75, 3.05) is 19.7 Å². The molecule has 2 heterocycles. The van der Waals surface area contributed by atoms with Crippen molar-refractivity contribution in [2.45, 2.75) is 70.3 Å². The van der Waals surface area contributed by atoms with Gasteiger partial charge < -0.3 is 14.6 Å². The van der Waals surface area contributed by atoms with E-state index >= 15 is 0 Å². The molecule has 0 spiro atoms. The van der Waals surface area contributed by atoms with Gasteiger partial charge in [0.15, 0.2) is 6.23 Å². The van der Waals surface area contributed by atoms with Crippen molar-refractivity contribution >= 4 is 23.7 Å². The molecule has 220 valence electrons. The van der Waals surface area contributed by atoms with Crippen LogP contribution in [0.15, 0.2) is 54.6 Å². The first-order chi connectivity index (χ1) is 19.8. The Morgan fingerprint density at radius 2 is 1.76 bits per heavy atom. The lowest BCUT2D eigenvalue weighted by atomic mass is 9.99. The molecule has 4 rings (SSSR count). The lowest BCUT2D eigenvalue weighted by molar-refractivity contribution is -0.384. The molecule has 1 N–H and O–H groups in total. The first kappa shape index (κ1) is 29.9. The molecular formula is C29H36N4O8. The fourth-order valence-corrected chi connectivity index (χ4v) is 5.61. The molecule has 0 aliphatic carbocycles. The number of hydrogen-bond donors (Lipinski definition) is 1. The molecule has 41 heavy (non-hydrogen) atoms. The minimum atomic E-state index is -1.45. The van der Waals surface area contributed by atoms with Crippen LogP contribution in [0.25, 0.3) is 0 Å². The average Bonchev–Trinajstić information content (AvgIpc) is 3.12. The van der Waals surface area contributed by atoms with Crippen molar-refractivity contribution in [2.24, 2.45) is 0 Å². The van der Waals surface area contributed by atoms with E-state index in [0.29, 0.717) is 58.2 Å². The molecule has 2 aliphatic heterocycles. The molecule has 12 nitrogen and oxygen atoms in total. The Morgan fingerprint density at radius 1 is 1.07 bits per heavy atom. The zero-order chi connectivity index (χ0) is 29.4. The highest BCUT2D eigenvalue weighted by Crippen LogP contribution is 2.30. The second kappa shape index (κ2) is 14.0. The standard InChI is InChI=1S/C29H36N4O8/c1-2-40-28(35)25(17-14-21-12-15-23(16-13-21)33(38)39)31(20-22-8-4-3-5-9-22)24-10-6-18-30-19-7-11-26(41-29(36)37)32(30)27(24)34/h3-5,8-9,12-13,15-16,24-26H,2,6-7,10-11,14,17-20H2,1H3,(H,36,37)/t24-,25-,26-/m0/s1. The minimum absolute atomic E-state index is 0.0188. The number of benzene rings is 2. The van der Waals surface area contributed by atoms with Crippen molar-refractivity contribution in [1.29, 1.82) is 0 Å². The fraction of sp³-hybridized carbons (Fsp3) is 0.483. The molecule has 1 amide bonds.